The lowest BCUT2D eigenvalue weighted by Gasteiger charge is -2.49. The van der Waals surface area contributed by atoms with Gasteiger partial charge in [0.2, 0.25) is 0 Å². The molecule has 2 aliphatic rings. The molecular weight excluding hydrogens is 413 g/mol. The fourth-order valence-electron chi connectivity index (χ4n) is 5.25. The van der Waals surface area contributed by atoms with Crippen LogP contribution >= 0.6 is 0 Å². The first-order chi connectivity index (χ1) is 14.7. The number of sulfone groups is 1. The van der Waals surface area contributed by atoms with Gasteiger partial charge in [0.1, 0.15) is 5.82 Å². The van der Waals surface area contributed by atoms with Crippen molar-refractivity contribution in [2.75, 3.05) is 19.4 Å². The number of halogens is 1. The Balaban J connectivity index is 1.53. The van der Waals surface area contributed by atoms with Crippen LogP contribution in [-0.2, 0) is 21.1 Å². The van der Waals surface area contributed by atoms with Crippen molar-refractivity contribution in [1.29, 1.82) is 0 Å². The van der Waals surface area contributed by atoms with Crippen molar-refractivity contribution in [1.82, 2.24) is 4.90 Å². The molecule has 1 spiro atoms. The molecule has 4 rings (SSSR count). The zero-order valence-electron chi connectivity index (χ0n) is 18.6. The van der Waals surface area contributed by atoms with Crippen LogP contribution in [0.1, 0.15) is 50.3 Å². The molecule has 168 valence electrons. The van der Waals surface area contributed by atoms with Crippen molar-refractivity contribution in [3.05, 3.63) is 65.5 Å². The normalized spacial score (nSPS) is 27.3. The average Bonchev–Trinajstić information content (AvgIpc) is 3.10. The lowest BCUT2D eigenvalue weighted by atomic mass is 9.74. The summed E-state index contributed by atoms with van der Waals surface area (Å²) in [6, 6.07) is 14.0. The number of rotatable bonds is 5. The highest BCUT2D eigenvalue weighted by atomic mass is 32.2. The SMILES string of the molecule is CC(C)[C@@H]1C[C@@]2(CCCN2Cc2ccc(S(C)(=O)=O)cc2)CO[C@H]1c1ccc(F)cc1. The number of hydrogen-bond donors (Lipinski definition) is 0. The highest BCUT2D eigenvalue weighted by molar-refractivity contribution is 7.90. The molecule has 2 aliphatic heterocycles. The van der Waals surface area contributed by atoms with E-state index in [0.29, 0.717) is 23.3 Å². The average molecular weight is 446 g/mol. The van der Waals surface area contributed by atoms with Crippen molar-refractivity contribution in [3.63, 3.8) is 0 Å². The first-order valence-electron chi connectivity index (χ1n) is 11.1. The standard InChI is InChI=1S/C25H32FNO3S/c1-18(2)23-15-25(17-30-24(23)20-7-9-21(26)10-8-20)13-4-14-27(25)16-19-5-11-22(12-6-19)31(3,28)29/h5-12,18,23-24H,4,13-17H2,1-3H3/t23-,24-,25-/m0/s1. The molecule has 3 atom stereocenters. The summed E-state index contributed by atoms with van der Waals surface area (Å²) >= 11 is 0. The Morgan fingerprint density at radius 1 is 1.13 bits per heavy atom. The number of hydrogen-bond acceptors (Lipinski definition) is 4. The van der Waals surface area contributed by atoms with Gasteiger partial charge in [-0.25, -0.2) is 12.8 Å². The summed E-state index contributed by atoms with van der Waals surface area (Å²) in [6.45, 7) is 6.96. The van der Waals surface area contributed by atoms with Crippen molar-refractivity contribution in [2.24, 2.45) is 11.8 Å². The van der Waals surface area contributed by atoms with Crippen molar-refractivity contribution >= 4 is 9.84 Å². The van der Waals surface area contributed by atoms with Gasteiger partial charge >= 0.3 is 0 Å². The number of ether oxygens (including phenoxy) is 1. The van der Waals surface area contributed by atoms with Gasteiger partial charge in [-0.05, 0) is 73.0 Å². The van der Waals surface area contributed by atoms with Gasteiger partial charge < -0.3 is 4.74 Å². The van der Waals surface area contributed by atoms with Crippen LogP contribution in [0.2, 0.25) is 0 Å². The molecule has 0 aromatic heterocycles. The molecule has 0 unspecified atom stereocenters. The highest BCUT2D eigenvalue weighted by Crippen LogP contribution is 2.48. The van der Waals surface area contributed by atoms with E-state index in [-0.39, 0.29) is 17.5 Å². The molecule has 31 heavy (non-hydrogen) atoms. The summed E-state index contributed by atoms with van der Waals surface area (Å²) in [5.74, 6) is 0.581. The van der Waals surface area contributed by atoms with Crippen LogP contribution in [-0.4, -0.2) is 38.3 Å². The maximum Gasteiger partial charge on any atom is 0.175 e. The number of benzene rings is 2. The Bertz CT molecular complexity index is 1000. The summed E-state index contributed by atoms with van der Waals surface area (Å²) in [4.78, 5) is 2.88. The summed E-state index contributed by atoms with van der Waals surface area (Å²) < 4.78 is 43.4. The zero-order chi connectivity index (χ0) is 22.2. The van der Waals surface area contributed by atoms with E-state index in [1.165, 1.54) is 18.4 Å². The van der Waals surface area contributed by atoms with Crippen molar-refractivity contribution < 1.29 is 17.5 Å². The number of nitrogens with zero attached hydrogens (tertiary/aromatic N) is 1. The van der Waals surface area contributed by atoms with E-state index in [9.17, 15) is 12.8 Å². The molecular formula is C25H32FNO3S. The maximum atomic E-state index is 13.4. The van der Waals surface area contributed by atoms with Crippen LogP contribution in [0.15, 0.2) is 53.4 Å². The quantitative estimate of drug-likeness (QED) is 0.650. The summed E-state index contributed by atoms with van der Waals surface area (Å²) in [6.07, 6.45) is 4.52. The van der Waals surface area contributed by atoms with Crippen LogP contribution in [0.25, 0.3) is 0 Å². The van der Waals surface area contributed by atoms with Crippen LogP contribution in [0.3, 0.4) is 0 Å². The minimum absolute atomic E-state index is 0.000963. The minimum Gasteiger partial charge on any atom is -0.371 e. The molecule has 2 fully saturated rings. The number of likely N-dealkylation sites (tertiary alicyclic amines) is 1. The Morgan fingerprint density at radius 3 is 2.42 bits per heavy atom. The Morgan fingerprint density at radius 2 is 1.81 bits per heavy atom. The molecule has 0 bridgehead atoms. The lowest BCUT2D eigenvalue weighted by Crippen LogP contribution is -2.53. The van der Waals surface area contributed by atoms with E-state index >= 15 is 0 Å². The molecule has 2 aromatic rings. The monoisotopic (exact) mass is 445 g/mol. The van der Waals surface area contributed by atoms with Crippen molar-refractivity contribution in [3.8, 4) is 0 Å². The smallest absolute Gasteiger partial charge is 0.175 e. The van der Waals surface area contributed by atoms with E-state index < -0.39 is 9.84 Å². The van der Waals surface area contributed by atoms with Gasteiger partial charge in [-0.15, -0.1) is 0 Å². The predicted molar refractivity (Wildman–Crippen MR) is 120 cm³/mol. The third-order valence-electron chi connectivity index (χ3n) is 7.06. The van der Waals surface area contributed by atoms with E-state index in [1.54, 1.807) is 12.1 Å². The minimum atomic E-state index is -3.18. The summed E-state index contributed by atoms with van der Waals surface area (Å²) in [5.41, 5.74) is 2.17. The molecule has 0 radical (unpaired) electrons. The molecule has 0 N–H and O–H groups in total. The molecule has 6 heteroatoms. The van der Waals surface area contributed by atoms with E-state index in [0.717, 1.165) is 43.5 Å². The second kappa shape index (κ2) is 8.64. The van der Waals surface area contributed by atoms with Crippen molar-refractivity contribution in [2.45, 2.75) is 56.2 Å². The maximum absolute atomic E-state index is 13.4. The Kier molecular flexibility index (Phi) is 6.25. The third-order valence-corrected chi connectivity index (χ3v) is 8.19. The predicted octanol–water partition coefficient (Wildman–Crippen LogP) is 5.00. The van der Waals surface area contributed by atoms with Gasteiger partial charge in [-0.1, -0.05) is 38.1 Å². The van der Waals surface area contributed by atoms with Crippen LogP contribution in [0.4, 0.5) is 4.39 Å². The highest BCUT2D eigenvalue weighted by Gasteiger charge is 2.48. The summed E-state index contributed by atoms with van der Waals surface area (Å²) in [7, 11) is -3.18. The van der Waals surface area contributed by atoms with Gasteiger partial charge in [0.25, 0.3) is 0 Å². The topological polar surface area (TPSA) is 46.6 Å². The third kappa shape index (κ3) is 4.71. The molecule has 2 saturated heterocycles. The molecule has 2 aromatic carbocycles. The fourth-order valence-corrected chi connectivity index (χ4v) is 5.88. The van der Waals surface area contributed by atoms with Gasteiger partial charge in [0.05, 0.1) is 17.6 Å². The molecule has 0 aliphatic carbocycles. The molecule has 0 saturated carbocycles. The van der Waals surface area contributed by atoms with Gasteiger partial charge in [-0.2, -0.15) is 0 Å². The second-order valence-corrected chi connectivity index (χ2v) is 11.6. The first-order valence-corrected chi connectivity index (χ1v) is 13.0. The van der Waals surface area contributed by atoms with E-state index in [2.05, 4.69) is 18.7 Å². The Hall–Kier alpha value is -1.76. The zero-order valence-corrected chi connectivity index (χ0v) is 19.4. The van der Waals surface area contributed by atoms with Gasteiger partial charge in [-0.3, -0.25) is 4.90 Å². The molecule has 0 amide bonds. The van der Waals surface area contributed by atoms with Crippen LogP contribution < -0.4 is 0 Å². The van der Waals surface area contributed by atoms with Crippen LogP contribution in [0.5, 0.6) is 0 Å². The summed E-state index contributed by atoms with van der Waals surface area (Å²) in [5, 5.41) is 0. The fraction of sp³-hybridized carbons (Fsp3) is 0.520. The first kappa shape index (κ1) is 22.4. The molecule has 2 heterocycles. The van der Waals surface area contributed by atoms with E-state index in [1.807, 2.05) is 24.3 Å². The lowest BCUT2D eigenvalue weighted by molar-refractivity contribution is -0.122. The molecule has 4 nitrogen and oxygen atoms in total. The largest absolute Gasteiger partial charge is 0.371 e. The van der Waals surface area contributed by atoms with Gasteiger partial charge in [0.15, 0.2) is 9.84 Å². The Labute approximate surface area is 185 Å². The van der Waals surface area contributed by atoms with Crippen LogP contribution in [0, 0.1) is 17.7 Å². The van der Waals surface area contributed by atoms with Gasteiger partial charge in [0, 0.05) is 18.3 Å². The van der Waals surface area contributed by atoms with E-state index in [4.69, 9.17) is 4.74 Å². The second-order valence-electron chi connectivity index (χ2n) is 9.56.